The molecule has 1 rings (SSSR count). The average Bonchev–Trinajstić information content (AvgIpc) is 2.41. The molecule has 0 radical (unpaired) electrons. The molecular formula is C16H30N4. The number of rotatable bonds is 9. The topological polar surface area (TPSA) is 31.4 Å². The van der Waals surface area contributed by atoms with Gasteiger partial charge in [-0.3, -0.25) is 0 Å². The van der Waals surface area contributed by atoms with Crippen molar-refractivity contribution in [3.05, 3.63) is 18.3 Å². The molecule has 1 aromatic heterocycles. The van der Waals surface area contributed by atoms with Crippen LogP contribution >= 0.6 is 0 Å². The van der Waals surface area contributed by atoms with E-state index >= 15 is 0 Å². The van der Waals surface area contributed by atoms with Gasteiger partial charge in [0.25, 0.3) is 0 Å². The zero-order valence-corrected chi connectivity index (χ0v) is 13.7. The smallest absolute Gasteiger partial charge is 0.127 e. The Hall–Kier alpha value is -1.29. The molecule has 1 aromatic rings. The van der Waals surface area contributed by atoms with Crippen molar-refractivity contribution < 1.29 is 0 Å². The van der Waals surface area contributed by atoms with Crippen LogP contribution in [-0.2, 0) is 0 Å². The van der Waals surface area contributed by atoms with Gasteiger partial charge in [0.15, 0.2) is 0 Å². The van der Waals surface area contributed by atoms with Crippen LogP contribution in [-0.4, -0.2) is 50.2 Å². The van der Waals surface area contributed by atoms with Gasteiger partial charge >= 0.3 is 0 Å². The van der Waals surface area contributed by atoms with Crippen LogP contribution in [0.2, 0.25) is 0 Å². The third kappa shape index (κ3) is 6.24. The van der Waals surface area contributed by atoms with Crippen LogP contribution in [0.25, 0.3) is 0 Å². The Bertz CT molecular complexity index is 376. The quantitative estimate of drug-likeness (QED) is 0.752. The molecule has 0 saturated heterocycles. The first-order chi connectivity index (χ1) is 9.52. The molecule has 0 spiro atoms. The normalized spacial score (nSPS) is 11.2. The van der Waals surface area contributed by atoms with Crippen molar-refractivity contribution in [1.82, 2.24) is 9.88 Å². The zero-order valence-electron chi connectivity index (χ0n) is 13.7. The summed E-state index contributed by atoms with van der Waals surface area (Å²) in [5.41, 5.74) is 1.26. The van der Waals surface area contributed by atoms with E-state index < -0.39 is 0 Å². The van der Waals surface area contributed by atoms with Crippen molar-refractivity contribution in [3.63, 3.8) is 0 Å². The number of hydrogen-bond acceptors (Lipinski definition) is 4. The Morgan fingerprint density at radius 3 is 2.60 bits per heavy atom. The van der Waals surface area contributed by atoms with Crippen LogP contribution in [0.1, 0.15) is 27.2 Å². The maximum absolute atomic E-state index is 4.39. The van der Waals surface area contributed by atoms with Gasteiger partial charge in [-0.25, -0.2) is 4.98 Å². The first-order valence-corrected chi connectivity index (χ1v) is 7.62. The summed E-state index contributed by atoms with van der Waals surface area (Å²) >= 11 is 0. The molecule has 1 N–H and O–H groups in total. The summed E-state index contributed by atoms with van der Waals surface area (Å²) in [7, 11) is 4.24. The monoisotopic (exact) mass is 278 g/mol. The third-order valence-corrected chi connectivity index (χ3v) is 3.07. The highest BCUT2D eigenvalue weighted by Crippen LogP contribution is 2.18. The number of aromatic nitrogens is 1. The van der Waals surface area contributed by atoms with Gasteiger partial charge in [0.2, 0.25) is 0 Å². The number of nitrogens with zero attached hydrogens (tertiary/aromatic N) is 3. The van der Waals surface area contributed by atoms with E-state index in [1.807, 2.05) is 6.20 Å². The van der Waals surface area contributed by atoms with Crippen molar-refractivity contribution >= 4 is 11.5 Å². The van der Waals surface area contributed by atoms with Crippen molar-refractivity contribution in [2.75, 3.05) is 50.5 Å². The summed E-state index contributed by atoms with van der Waals surface area (Å²) in [5.74, 6) is 1.63. The molecule has 114 valence electrons. The molecule has 0 saturated carbocycles. The molecule has 0 unspecified atom stereocenters. The van der Waals surface area contributed by atoms with E-state index in [0.717, 1.165) is 38.4 Å². The Morgan fingerprint density at radius 1 is 1.25 bits per heavy atom. The molecule has 20 heavy (non-hydrogen) atoms. The lowest BCUT2D eigenvalue weighted by Crippen LogP contribution is -2.34. The van der Waals surface area contributed by atoms with Gasteiger partial charge in [-0.05, 0) is 32.5 Å². The molecule has 0 atom stereocenters. The van der Waals surface area contributed by atoms with Gasteiger partial charge in [-0.1, -0.05) is 20.8 Å². The molecule has 0 fully saturated rings. The van der Waals surface area contributed by atoms with Crippen LogP contribution in [0.4, 0.5) is 11.5 Å². The Balaban J connectivity index is 2.77. The lowest BCUT2D eigenvalue weighted by Gasteiger charge is -2.28. The van der Waals surface area contributed by atoms with Crippen LogP contribution < -0.4 is 10.2 Å². The highest BCUT2D eigenvalue weighted by Gasteiger charge is 2.10. The van der Waals surface area contributed by atoms with Gasteiger partial charge in [0.05, 0.1) is 0 Å². The number of anilines is 2. The van der Waals surface area contributed by atoms with E-state index in [-0.39, 0.29) is 0 Å². The summed E-state index contributed by atoms with van der Waals surface area (Å²) in [6.45, 7) is 10.8. The highest BCUT2D eigenvalue weighted by molar-refractivity contribution is 5.53. The van der Waals surface area contributed by atoms with Crippen LogP contribution in [0.5, 0.6) is 0 Å². The van der Waals surface area contributed by atoms with E-state index in [0.29, 0.717) is 5.92 Å². The fourth-order valence-electron chi connectivity index (χ4n) is 2.05. The predicted octanol–water partition coefficient (Wildman–Crippen LogP) is 2.93. The van der Waals surface area contributed by atoms with Gasteiger partial charge in [-0.2, -0.15) is 0 Å². The highest BCUT2D eigenvalue weighted by atomic mass is 15.2. The second kappa shape index (κ2) is 8.80. The lowest BCUT2D eigenvalue weighted by molar-refractivity contribution is 0.409. The molecule has 0 aliphatic carbocycles. The van der Waals surface area contributed by atoms with E-state index in [1.54, 1.807) is 0 Å². The van der Waals surface area contributed by atoms with Crippen molar-refractivity contribution in [3.8, 4) is 0 Å². The first-order valence-electron chi connectivity index (χ1n) is 7.62. The summed E-state index contributed by atoms with van der Waals surface area (Å²) in [6, 6.07) is 4.27. The molecule has 4 heteroatoms. The zero-order chi connectivity index (χ0) is 15.0. The fraction of sp³-hybridized carbons (Fsp3) is 0.688. The van der Waals surface area contributed by atoms with Crippen molar-refractivity contribution in [2.24, 2.45) is 5.92 Å². The fourth-order valence-corrected chi connectivity index (χ4v) is 2.05. The molecule has 0 amide bonds. The Labute approximate surface area is 124 Å². The maximum atomic E-state index is 4.39. The summed E-state index contributed by atoms with van der Waals surface area (Å²) in [6.07, 6.45) is 3.01. The number of hydrogen-bond donors (Lipinski definition) is 1. The van der Waals surface area contributed by atoms with Crippen LogP contribution in [0, 0.1) is 5.92 Å². The maximum Gasteiger partial charge on any atom is 0.127 e. The molecule has 0 aliphatic heterocycles. The van der Waals surface area contributed by atoms with Crippen LogP contribution in [0.15, 0.2) is 18.3 Å². The molecule has 0 bridgehead atoms. The van der Waals surface area contributed by atoms with Gasteiger partial charge in [0.1, 0.15) is 5.82 Å². The minimum absolute atomic E-state index is 0.650. The number of pyridine rings is 1. The van der Waals surface area contributed by atoms with E-state index in [9.17, 15) is 0 Å². The van der Waals surface area contributed by atoms with Crippen molar-refractivity contribution in [1.29, 1.82) is 0 Å². The molecular weight excluding hydrogens is 248 g/mol. The van der Waals surface area contributed by atoms with E-state index in [1.165, 1.54) is 5.69 Å². The Kier molecular flexibility index (Phi) is 7.37. The largest absolute Gasteiger partial charge is 0.370 e. The number of nitrogens with one attached hydrogen (secondary N) is 1. The first kappa shape index (κ1) is 16.8. The standard InChI is InChI=1S/C16H30N4/c1-6-8-17-16-12-15(7-9-18-16)20(13-14(2)3)11-10-19(4)5/h7,9,12,14H,6,8,10-11,13H2,1-5H3,(H,17,18). The van der Waals surface area contributed by atoms with Crippen LogP contribution in [0.3, 0.4) is 0 Å². The minimum Gasteiger partial charge on any atom is -0.370 e. The summed E-state index contributed by atoms with van der Waals surface area (Å²) < 4.78 is 0. The number of likely N-dealkylation sites (N-methyl/N-ethyl adjacent to an activating group) is 1. The third-order valence-electron chi connectivity index (χ3n) is 3.07. The molecule has 1 heterocycles. The van der Waals surface area contributed by atoms with Crippen molar-refractivity contribution in [2.45, 2.75) is 27.2 Å². The lowest BCUT2D eigenvalue weighted by atomic mass is 10.2. The van der Waals surface area contributed by atoms with E-state index in [4.69, 9.17) is 0 Å². The second-order valence-corrected chi connectivity index (χ2v) is 5.97. The minimum atomic E-state index is 0.650. The van der Waals surface area contributed by atoms with Gasteiger partial charge in [-0.15, -0.1) is 0 Å². The average molecular weight is 278 g/mol. The SMILES string of the molecule is CCCNc1cc(N(CCN(C)C)CC(C)C)ccn1. The summed E-state index contributed by atoms with van der Waals surface area (Å²) in [5, 5.41) is 3.36. The second-order valence-electron chi connectivity index (χ2n) is 5.97. The predicted molar refractivity (Wildman–Crippen MR) is 88.6 cm³/mol. The molecule has 0 aromatic carbocycles. The van der Waals surface area contributed by atoms with Gasteiger partial charge < -0.3 is 15.1 Å². The molecule has 0 aliphatic rings. The molecule has 4 nitrogen and oxygen atoms in total. The summed E-state index contributed by atoms with van der Waals surface area (Å²) in [4.78, 5) is 9.06. The Morgan fingerprint density at radius 2 is 2.00 bits per heavy atom. The van der Waals surface area contributed by atoms with E-state index in [2.05, 4.69) is 67.1 Å². The van der Waals surface area contributed by atoms with Gasteiger partial charge in [0, 0.05) is 44.1 Å².